The molecule has 1 aliphatic rings. The number of fused-ring (bicyclic) bond motifs is 2. The topological polar surface area (TPSA) is 43.3 Å². The maximum Gasteiger partial charge on any atom is 0.258 e. The van der Waals surface area contributed by atoms with Crippen LogP contribution in [0.4, 0.5) is 5.69 Å². The molecule has 0 spiro atoms. The summed E-state index contributed by atoms with van der Waals surface area (Å²) in [6, 6.07) is 12.2. The molecule has 0 bridgehead atoms. The molecule has 3 aromatic rings. The number of nitrogens with zero attached hydrogens (tertiary/aromatic N) is 1. The van der Waals surface area contributed by atoms with Crippen molar-refractivity contribution < 1.29 is 4.74 Å². The van der Waals surface area contributed by atoms with Gasteiger partial charge in [0.15, 0.2) is 0 Å². The van der Waals surface area contributed by atoms with E-state index >= 15 is 0 Å². The van der Waals surface area contributed by atoms with E-state index in [1.165, 1.54) is 5.56 Å². The van der Waals surface area contributed by atoms with Crippen LogP contribution in [0.25, 0.3) is 21.9 Å². The number of hydrogen-bond acceptors (Lipinski definition) is 4. The van der Waals surface area contributed by atoms with Gasteiger partial charge in [-0.05, 0) is 48.4 Å². The van der Waals surface area contributed by atoms with E-state index in [1.54, 1.807) is 16.5 Å². The Kier molecular flexibility index (Phi) is 5.36. The van der Waals surface area contributed by atoms with Gasteiger partial charge in [0, 0.05) is 41.2 Å². The molecule has 146 valence electrons. The quantitative estimate of drug-likeness (QED) is 0.589. The lowest BCUT2D eigenvalue weighted by atomic mass is 9.93. The van der Waals surface area contributed by atoms with Gasteiger partial charge in [-0.25, -0.2) is 0 Å². The Hall–Kier alpha value is -2.40. The van der Waals surface area contributed by atoms with Crippen molar-refractivity contribution in [2.45, 2.75) is 39.2 Å². The minimum Gasteiger partial charge on any atom is -0.489 e. The number of rotatable bonds is 5. The Bertz CT molecular complexity index is 1070. The van der Waals surface area contributed by atoms with Crippen molar-refractivity contribution in [2.24, 2.45) is 7.05 Å². The first-order valence-electron chi connectivity index (χ1n) is 9.92. The molecule has 1 N–H and O–H groups in total. The van der Waals surface area contributed by atoms with E-state index in [2.05, 4.69) is 30.7 Å². The summed E-state index contributed by atoms with van der Waals surface area (Å²) in [7, 11) is 1.81. The van der Waals surface area contributed by atoms with Gasteiger partial charge in [-0.1, -0.05) is 44.0 Å². The van der Waals surface area contributed by atoms with Gasteiger partial charge in [0.2, 0.25) is 0 Å². The predicted molar refractivity (Wildman–Crippen MR) is 119 cm³/mol. The number of aromatic nitrogens is 1. The van der Waals surface area contributed by atoms with Crippen LogP contribution >= 0.6 is 11.9 Å². The van der Waals surface area contributed by atoms with Gasteiger partial charge in [0.1, 0.15) is 5.75 Å². The number of aryl methyl sites for hydroxylation is 2. The van der Waals surface area contributed by atoms with Gasteiger partial charge in [0.25, 0.3) is 5.56 Å². The number of benzene rings is 2. The highest BCUT2D eigenvalue weighted by molar-refractivity contribution is 8.00. The molecule has 28 heavy (non-hydrogen) atoms. The van der Waals surface area contributed by atoms with Crippen molar-refractivity contribution in [3.63, 3.8) is 0 Å². The molecule has 1 aromatic heterocycles. The first-order chi connectivity index (χ1) is 13.6. The normalized spacial score (nSPS) is 15.9. The summed E-state index contributed by atoms with van der Waals surface area (Å²) in [5.74, 6) is 1.96. The van der Waals surface area contributed by atoms with E-state index in [1.807, 2.05) is 37.5 Å². The molecule has 4 rings (SSSR count). The van der Waals surface area contributed by atoms with E-state index in [4.69, 9.17) is 4.74 Å². The second-order valence-electron chi connectivity index (χ2n) is 7.24. The smallest absolute Gasteiger partial charge is 0.258 e. The van der Waals surface area contributed by atoms with E-state index in [-0.39, 0.29) is 11.7 Å². The van der Waals surface area contributed by atoms with Crippen LogP contribution in [0.2, 0.25) is 0 Å². The lowest BCUT2D eigenvalue weighted by Gasteiger charge is -2.28. The van der Waals surface area contributed by atoms with E-state index in [0.717, 1.165) is 58.4 Å². The summed E-state index contributed by atoms with van der Waals surface area (Å²) in [6.07, 6.45) is 5.24. The highest BCUT2D eigenvalue weighted by atomic mass is 32.2. The molecule has 2 heterocycles. The molecule has 4 nitrogen and oxygen atoms in total. The summed E-state index contributed by atoms with van der Waals surface area (Å²) < 4.78 is 11.5. The number of hydrogen-bond donors (Lipinski definition) is 1. The Balaban J connectivity index is 1.97. The Labute approximate surface area is 170 Å². The maximum atomic E-state index is 12.6. The second-order valence-corrected chi connectivity index (χ2v) is 8.31. The van der Waals surface area contributed by atoms with Gasteiger partial charge in [0.05, 0.1) is 6.10 Å². The summed E-state index contributed by atoms with van der Waals surface area (Å²) in [6.45, 7) is 4.30. The van der Waals surface area contributed by atoms with Gasteiger partial charge in [-0.3, -0.25) is 4.79 Å². The van der Waals surface area contributed by atoms with Crippen molar-refractivity contribution in [1.82, 2.24) is 4.57 Å². The molecule has 0 saturated carbocycles. The molecule has 0 aliphatic carbocycles. The van der Waals surface area contributed by atoms with Crippen LogP contribution in [0.1, 0.15) is 32.3 Å². The van der Waals surface area contributed by atoms with Crippen LogP contribution in [-0.4, -0.2) is 16.4 Å². The van der Waals surface area contributed by atoms with E-state index < -0.39 is 0 Å². The van der Waals surface area contributed by atoms with Crippen molar-refractivity contribution in [3.05, 3.63) is 58.5 Å². The molecule has 1 unspecified atom stereocenters. The third kappa shape index (κ3) is 3.39. The molecular formula is C23H26N2O2S. The molecule has 5 heteroatoms. The van der Waals surface area contributed by atoms with Gasteiger partial charge < -0.3 is 14.0 Å². The van der Waals surface area contributed by atoms with Crippen LogP contribution in [0.5, 0.6) is 5.75 Å². The summed E-state index contributed by atoms with van der Waals surface area (Å²) in [5, 5.41) is 1.70. The zero-order valence-corrected chi connectivity index (χ0v) is 17.4. The van der Waals surface area contributed by atoms with E-state index in [0.29, 0.717) is 0 Å². The zero-order chi connectivity index (χ0) is 19.7. The Morgan fingerprint density at radius 3 is 2.71 bits per heavy atom. The van der Waals surface area contributed by atoms with Crippen LogP contribution in [-0.2, 0) is 13.5 Å². The number of ether oxygens (including phenoxy) is 1. The SMILES string of the molecule is CCSNc1cc2c(c(-c3cn(C)c(=O)c4ccccc34)c1)OC(CC)CC2. The van der Waals surface area contributed by atoms with Crippen LogP contribution in [0.15, 0.2) is 47.4 Å². The number of nitrogens with one attached hydrogen (secondary N) is 1. The Morgan fingerprint density at radius 2 is 1.96 bits per heavy atom. The first-order valence-corrected chi connectivity index (χ1v) is 10.9. The molecule has 1 atom stereocenters. The number of anilines is 1. The fraction of sp³-hybridized carbons (Fsp3) is 0.348. The van der Waals surface area contributed by atoms with Crippen LogP contribution < -0.4 is 15.0 Å². The lowest BCUT2D eigenvalue weighted by Crippen LogP contribution is -2.22. The van der Waals surface area contributed by atoms with Gasteiger partial charge >= 0.3 is 0 Å². The summed E-state index contributed by atoms with van der Waals surface area (Å²) >= 11 is 1.68. The molecule has 1 aliphatic heterocycles. The molecular weight excluding hydrogens is 368 g/mol. The molecule has 2 aromatic carbocycles. The van der Waals surface area contributed by atoms with Crippen molar-refractivity contribution in [2.75, 3.05) is 10.5 Å². The third-order valence-electron chi connectivity index (χ3n) is 5.36. The highest BCUT2D eigenvalue weighted by Crippen LogP contribution is 2.42. The summed E-state index contributed by atoms with van der Waals surface area (Å²) in [5.41, 5.74) is 4.44. The lowest BCUT2D eigenvalue weighted by molar-refractivity contribution is 0.170. The van der Waals surface area contributed by atoms with Crippen molar-refractivity contribution in [1.29, 1.82) is 0 Å². The van der Waals surface area contributed by atoms with Crippen molar-refractivity contribution >= 4 is 28.4 Å². The molecule has 0 radical (unpaired) electrons. The Morgan fingerprint density at radius 1 is 1.18 bits per heavy atom. The maximum absolute atomic E-state index is 12.6. The standard InChI is InChI=1S/C23H26N2O2S/c1-4-17-11-10-15-12-16(24-28-5-2)13-20(22(15)27-17)21-14-25(3)23(26)19-9-7-6-8-18(19)21/h6-9,12-14,17,24H,4-5,10-11H2,1-3H3. The largest absolute Gasteiger partial charge is 0.489 e. The van der Waals surface area contributed by atoms with Crippen LogP contribution in [0.3, 0.4) is 0 Å². The average Bonchev–Trinajstić information content (AvgIpc) is 2.74. The zero-order valence-electron chi connectivity index (χ0n) is 16.6. The average molecular weight is 395 g/mol. The van der Waals surface area contributed by atoms with E-state index in [9.17, 15) is 4.79 Å². The fourth-order valence-corrected chi connectivity index (χ4v) is 4.32. The van der Waals surface area contributed by atoms with Crippen LogP contribution in [0, 0.1) is 0 Å². The predicted octanol–water partition coefficient (Wildman–Crippen LogP) is 5.39. The first kappa shape index (κ1) is 18.9. The minimum absolute atomic E-state index is 0.0244. The summed E-state index contributed by atoms with van der Waals surface area (Å²) in [4.78, 5) is 12.6. The van der Waals surface area contributed by atoms with Crippen molar-refractivity contribution in [3.8, 4) is 16.9 Å². The molecule has 0 saturated heterocycles. The second kappa shape index (κ2) is 7.92. The van der Waals surface area contributed by atoms with Gasteiger partial charge in [-0.2, -0.15) is 0 Å². The molecule has 0 fully saturated rings. The highest BCUT2D eigenvalue weighted by Gasteiger charge is 2.24. The number of pyridine rings is 1. The fourth-order valence-electron chi connectivity index (χ4n) is 3.89. The van der Waals surface area contributed by atoms with Gasteiger partial charge in [-0.15, -0.1) is 0 Å². The minimum atomic E-state index is 0.0244. The molecule has 0 amide bonds. The monoisotopic (exact) mass is 394 g/mol. The third-order valence-corrected chi connectivity index (χ3v) is 6.03.